The first-order valence-electron chi connectivity index (χ1n) is 19.7. The molecule has 304 valence electrons. The molecule has 0 aliphatic heterocycles. The molecule has 0 spiro atoms. The highest BCUT2D eigenvalue weighted by atomic mass is 16.5. The van der Waals surface area contributed by atoms with Gasteiger partial charge in [-0.15, -0.1) is 0 Å². The average molecular weight is 779 g/mol. The van der Waals surface area contributed by atoms with Crippen LogP contribution in [-0.4, -0.2) is 84.8 Å². The van der Waals surface area contributed by atoms with Crippen molar-refractivity contribution in [2.24, 2.45) is 11.8 Å². The predicted molar refractivity (Wildman–Crippen MR) is 221 cm³/mol. The fourth-order valence-corrected chi connectivity index (χ4v) is 6.24. The number of ether oxygens (including phenoxy) is 1. The summed E-state index contributed by atoms with van der Waals surface area (Å²) >= 11 is 0. The van der Waals surface area contributed by atoms with Gasteiger partial charge in [-0.05, 0) is 73.9 Å². The van der Waals surface area contributed by atoms with E-state index >= 15 is 0 Å². The van der Waals surface area contributed by atoms with Gasteiger partial charge in [-0.1, -0.05) is 77.6 Å². The van der Waals surface area contributed by atoms with Crippen molar-refractivity contribution < 1.29 is 23.9 Å². The lowest BCUT2D eigenvalue weighted by Gasteiger charge is -2.33. The number of amides is 4. The van der Waals surface area contributed by atoms with Crippen molar-refractivity contribution in [1.29, 1.82) is 0 Å². The molecule has 0 radical (unpaired) electrons. The highest BCUT2D eigenvalue weighted by molar-refractivity contribution is 5.87. The summed E-state index contributed by atoms with van der Waals surface area (Å²) in [6.07, 6.45) is 4.39. The second-order valence-corrected chi connectivity index (χ2v) is 15.1. The molecule has 0 fully saturated rings. The molecule has 4 amide bonds. The third-order valence-corrected chi connectivity index (χ3v) is 10.1. The monoisotopic (exact) mass is 778 g/mol. The normalized spacial score (nSPS) is 13.2. The summed E-state index contributed by atoms with van der Waals surface area (Å²) in [6, 6.07) is 14.3. The van der Waals surface area contributed by atoms with Crippen LogP contribution in [0.15, 0.2) is 60.9 Å². The van der Waals surface area contributed by atoms with Crippen molar-refractivity contribution in [1.82, 2.24) is 40.4 Å². The van der Waals surface area contributed by atoms with Crippen LogP contribution in [0.3, 0.4) is 0 Å². The summed E-state index contributed by atoms with van der Waals surface area (Å²) in [4.78, 5) is 70.4. The van der Waals surface area contributed by atoms with Crippen molar-refractivity contribution in [2.45, 2.75) is 112 Å². The smallest absolute Gasteiger partial charge is 0.407 e. The third kappa shape index (κ3) is 11.8. The van der Waals surface area contributed by atoms with Crippen LogP contribution in [0.1, 0.15) is 97.9 Å². The first kappa shape index (κ1) is 43.8. The number of rotatable bonds is 16. The van der Waals surface area contributed by atoms with E-state index in [0.29, 0.717) is 18.2 Å². The Labute approximate surface area is 336 Å². The molecule has 4 N–H and O–H groups in total. The number of benzene rings is 2. The number of carbonyl (C=O) groups is 4. The molecule has 0 saturated heterocycles. The van der Waals surface area contributed by atoms with E-state index in [9.17, 15) is 19.2 Å². The average Bonchev–Trinajstić information content (AvgIpc) is 3.88. The number of aromatic nitrogens is 4. The SMILES string of the molecule is CC[C@@H](C)N(Cc1ncc(-c2ccc(C#Cc3ccc(-c4cnc(CN(C(=O)C(NC(=O)OC)C(C)C)[C@H](C)CC)[nH]4)cc3)cc2)[nH]1)C(=O)C(NC(C)=O)C(C)C. The summed E-state index contributed by atoms with van der Waals surface area (Å²) in [7, 11) is 1.28. The van der Waals surface area contributed by atoms with Crippen LogP contribution in [0, 0.1) is 23.7 Å². The molecule has 4 rings (SSSR count). The van der Waals surface area contributed by atoms with E-state index in [2.05, 4.69) is 42.4 Å². The molecular formula is C44H58N8O5. The second kappa shape index (κ2) is 20.3. The first-order chi connectivity index (χ1) is 27.1. The predicted octanol–water partition coefficient (Wildman–Crippen LogP) is 6.66. The zero-order valence-corrected chi connectivity index (χ0v) is 34.9. The van der Waals surface area contributed by atoms with Gasteiger partial charge in [0.2, 0.25) is 17.7 Å². The minimum absolute atomic E-state index is 0.0364. The Hall–Kier alpha value is -5.90. The van der Waals surface area contributed by atoms with Crippen LogP contribution >= 0.6 is 0 Å². The number of hydrogen-bond donors (Lipinski definition) is 4. The molecule has 0 aliphatic rings. The van der Waals surface area contributed by atoms with Gasteiger partial charge >= 0.3 is 6.09 Å². The Morgan fingerprint density at radius 1 is 0.667 bits per heavy atom. The van der Waals surface area contributed by atoms with E-state index in [0.717, 1.165) is 46.5 Å². The molecule has 2 aromatic heterocycles. The topological polar surface area (TPSA) is 165 Å². The van der Waals surface area contributed by atoms with Crippen LogP contribution in [-0.2, 0) is 32.2 Å². The Bertz CT molecular complexity index is 2020. The summed E-state index contributed by atoms with van der Waals surface area (Å²) in [5, 5.41) is 5.50. The maximum atomic E-state index is 13.6. The van der Waals surface area contributed by atoms with Gasteiger partial charge < -0.3 is 35.1 Å². The number of hydrogen-bond acceptors (Lipinski definition) is 7. The van der Waals surface area contributed by atoms with E-state index < -0.39 is 18.2 Å². The zero-order chi connectivity index (χ0) is 41.8. The van der Waals surface area contributed by atoms with E-state index in [1.165, 1.54) is 14.0 Å². The number of H-pyrrole nitrogens is 2. The fraction of sp³-hybridized carbons (Fsp3) is 0.455. The maximum absolute atomic E-state index is 13.6. The lowest BCUT2D eigenvalue weighted by Crippen LogP contribution is -2.53. The Morgan fingerprint density at radius 2 is 1.05 bits per heavy atom. The van der Waals surface area contributed by atoms with E-state index in [1.807, 2.05) is 104 Å². The van der Waals surface area contributed by atoms with E-state index in [1.54, 1.807) is 22.2 Å². The maximum Gasteiger partial charge on any atom is 0.407 e. The van der Waals surface area contributed by atoms with Gasteiger partial charge in [0.05, 0.1) is 44.0 Å². The summed E-state index contributed by atoms with van der Waals surface area (Å²) in [5.74, 6) is 7.04. The van der Waals surface area contributed by atoms with Crippen molar-refractivity contribution >= 4 is 23.8 Å². The van der Waals surface area contributed by atoms with Crippen molar-refractivity contribution in [3.63, 3.8) is 0 Å². The van der Waals surface area contributed by atoms with Gasteiger partial charge in [0, 0.05) is 30.1 Å². The lowest BCUT2D eigenvalue weighted by atomic mass is 10.0. The second-order valence-electron chi connectivity index (χ2n) is 15.1. The van der Waals surface area contributed by atoms with Gasteiger partial charge in [0.1, 0.15) is 23.7 Å². The molecule has 2 aromatic carbocycles. The number of imidazole rings is 2. The number of carbonyl (C=O) groups excluding carboxylic acids is 4. The molecule has 2 heterocycles. The summed E-state index contributed by atoms with van der Waals surface area (Å²) in [6.45, 7) is 17.7. The molecule has 0 aliphatic carbocycles. The quantitative estimate of drug-likeness (QED) is 0.0924. The Balaban J connectivity index is 1.41. The van der Waals surface area contributed by atoms with Crippen molar-refractivity contribution in [2.75, 3.05) is 7.11 Å². The molecular weight excluding hydrogens is 721 g/mol. The number of nitrogens with zero attached hydrogens (tertiary/aromatic N) is 4. The molecule has 0 bridgehead atoms. The number of alkyl carbamates (subject to hydrolysis) is 1. The van der Waals surface area contributed by atoms with Gasteiger partial charge in [-0.2, -0.15) is 0 Å². The van der Waals surface area contributed by atoms with E-state index in [-0.39, 0.29) is 48.2 Å². The zero-order valence-electron chi connectivity index (χ0n) is 34.9. The molecule has 0 saturated carbocycles. The van der Waals surface area contributed by atoms with Crippen molar-refractivity contribution in [3.05, 3.63) is 83.7 Å². The van der Waals surface area contributed by atoms with Gasteiger partial charge in [0.25, 0.3) is 0 Å². The van der Waals surface area contributed by atoms with Crippen LogP contribution in [0.5, 0.6) is 0 Å². The van der Waals surface area contributed by atoms with Crippen LogP contribution in [0.2, 0.25) is 0 Å². The molecule has 13 heteroatoms. The van der Waals surface area contributed by atoms with Gasteiger partial charge in [-0.3, -0.25) is 14.4 Å². The van der Waals surface area contributed by atoms with E-state index in [4.69, 9.17) is 4.74 Å². The van der Waals surface area contributed by atoms with Gasteiger partial charge in [0.15, 0.2) is 0 Å². The fourth-order valence-electron chi connectivity index (χ4n) is 6.24. The lowest BCUT2D eigenvalue weighted by molar-refractivity contribution is -0.140. The summed E-state index contributed by atoms with van der Waals surface area (Å²) < 4.78 is 4.76. The molecule has 4 aromatic rings. The minimum atomic E-state index is -0.727. The third-order valence-electron chi connectivity index (χ3n) is 10.1. The Morgan fingerprint density at radius 3 is 1.39 bits per heavy atom. The van der Waals surface area contributed by atoms with Crippen LogP contribution < -0.4 is 10.6 Å². The molecule has 2 unspecified atom stereocenters. The molecule has 57 heavy (non-hydrogen) atoms. The largest absolute Gasteiger partial charge is 0.453 e. The number of nitrogens with one attached hydrogen (secondary N) is 4. The standard InChI is InChI=1S/C44H58N8O5/c1-11-29(7)51(42(54)40(27(3)4)47-31(9)53)25-38-45-23-36(48-38)34-19-15-32(16-20-34)13-14-33-17-21-35(22-18-33)37-24-46-39(49-37)26-52(30(8)12-2)43(55)41(28(5)6)50-44(56)57-10/h15-24,27-30,40-41H,11-12,25-26H2,1-10H3,(H,45,48)(H,46,49)(H,47,53)(H,50,56)/t29-,30-,40?,41?/m1/s1. The Kier molecular flexibility index (Phi) is 15.6. The minimum Gasteiger partial charge on any atom is -0.453 e. The number of aromatic amines is 2. The van der Waals surface area contributed by atoms with Crippen LogP contribution in [0.25, 0.3) is 22.5 Å². The molecule has 4 atom stereocenters. The van der Waals surface area contributed by atoms with Crippen molar-refractivity contribution in [3.8, 4) is 34.4 Å². The summed E-state index contributed by atoms with van der Waals surface area (Å²) in [5.41, 5.74) is 5.22. The highest BCUT2D eigenvalue weighted by Crippen LogP contribution is 2.22. The molecule has 13 nitrogen and oxygen atoms in total. The first-order valence-corrected chi connectivity index (χ1v) is 19.7. The highest BCUT2D eigenvalue weighted by Gasteiger charge is 2.32. The number of methoxy groups -OCH3 is 1. The van der Waals surface area contributed by atoms with Gasteiger partial charge in [-0.25, -0.2) is 14.8 Å². The van der Waals surface area contributed by atoms with Crippen LogP contribution in [0.4, 0.5) is 4.79 Å².